The van der Waals surface area contributed by atoms with Crippen LogP contribution in [0.15, 0.2) is 64.8 Å². The number of aliphatic hydroxyl groups is 2. The Labute approximate surface area is 268 Å². The summed E-state index contributed by atoms with van der Waals surface area (Å²) in [5, 5.41) is 31.8. The Bertz CT molecular complexity index is 1730. The minimum absolute atomic E-state index is 0.00167. The van der Waals surface area contributed by atoms with Crippen LogP contribution < -0.4 is 10.9 Å². The van der Waals surface area contributed by atoms with Gasteiger partial charge < -0.3 is 25.1 Å². The van der Waals surface area contributed by atoms with Crippen molar-refractivity contribution >= 4 is 11.6 Å². The number of rotatable bonds is 12. The van der Waals surface area contributed by atoms with Crippen molar-refractivity contribution in [3.05, 3.63) is 87.6 Å². The number of nitrogens with zero attached hydrogens (tertiary/aromatic N) is 5. The average Bonchev–Trinajstić information content (AvgIpc) is 3.75. The summed E-state index contributed by atoms with van der Waals surface area (Å²) in [6.45, 7) is 6.42. The molecule has 0 amide bonds. The molecule has 1 fully saturated rings. The van der Waals surface area contributed by atoms with Gasteiger partial charge in [-0.25, -0.2) is 4.52 Å². The van der Waals surface area contributed by atoms with Crippen LogP contribution in [-0.2, 0) is 22.4 Å². The predicted octanol–water partition coefficient (Wildman–Crippen LogP) is 4.71. The zero-order valence-electron chi connectivity index (χ0n) is 26.9. The topological polar surface area (TPSA) is 136 Å². The lowest BCUT2D eigenvalue weighted by Crippen LogP contribution is -2.37. The predicted molar refractivity (Wildman–Crippen MR) is 175 cm³/mol. The van der Waals surface area contributed by atoms with Gasteiger partial charge in [-0.15, -0.1) is 0 Å². The molecule has 1 aliphatic heterocycles. The minimum atomic E-state index is -1.16. The smallest absolute Gasteiger partial charge is 0.304 e. The van der Waals surface area contributed by atoms with Crippen LogP contribution in [0, 0.1) is 0 Å². The minimum Gasteiger partial charge on any atom is -0.388 e. The molecule has 1 unspecified atom stereocenters. The first-order chi connectivity index (χ1) is 22.3. The molecule has 2 aromatic heterocycles. The molecule has 2 aliphatic rings. The van der Waals surface area contributed by atoms with Crippen LogP contribution in [0.1, 0.15) is 94.1 Å². The number of oxime groups is 1. The second-order valence-electron chi connectivity index (χ2n) is 12.5. The lowest BCUT2D eigenvalue weighted by molar-refractivity contribution is -0.0896. The van der Waals surface area contributed by atoms with E-state index >= 15 is 0 Å². The fraction of sp³-hybridized carbons (Fsp3) is 0.486. The summed E-state index contributed by atoms with van der Waals surface area (Å²) in [5.74, 6) is 1.07. The standard InChI is InChI=1S/C35H44N6O5/c1-4-9-30-29(20-23-12-14-24(15-13-23)27-10-7-8-11-28(27)31-38-34(43)46-39-31)32(42)40(33-36-22-37-41(30)33)25-16-18-26(19-17-25)45-21-35(44,5-2)6-3/h7-8,10-15,22,25-26,34,43-44H,4-6,9,16-21H2,1-3H3,(H,38,39)/t25-,26-,34?. The Balaban J connectivity index is 1.26. The third-order valence-electron chi connectivity index (χ3n) is 9.56. The van der Waals surface area contributed by atoms with Crippen LogP contribution >= 0.6 is 0 Å². The van der Waals surface area contributed by atoms with E-state index < -0.39 is 12.0 Å². The van der Waals surface area contributed by atoms with Gasteiger partial charge in [-0.2, -0.15) is 10.1 Å². The number of hydrogen-bond acceptors (Lipinski definition) is 9. The molecule has 3 N–H and O–H groups in total. The molecule has 1 atom stereocenters. The van der Waals surface area contributed by atoms with Crippen LogP contribution in [0.3, 0.4) is 0 Å². The van der Waals surface area contributed by atoms with E-state index in [4.69, 9.17) is 9.57 Å². The maximum atomic E-state index is 14.4. The van der Waals surface area contributed by atoms with Gasteiger partial charge in [0.1, 0.15) is 6.33 Å². The fourth-order valence-electron chi connectivity index (χ4n) is 6.62. The number of nitrogens with one attached hydrogen (secondary N) is 1. The molecule has 46 heavy (non-hydrogen) atoms. The van der Waals surface area contributed by atoms with Crippen LogP contribution in [0.2, 0.25) is 0 Å². The second kappa shape index (κ2) is 13.7. The van der Waals surface area contributed by atoms with Crippen molar-refractivity contribution in [1.29, 1.82) is 0 Å². The molecular formula is C35H44N6O5. The van der Waals surface area contributed by atoms with E-state index in [1.807, 2.05) is 59.3 Å². The van der Waals surface area contributed by atoms with Gasteiger partial charge in [-0.1, -0.05) is 80.9 Å². The maximum absolute atomic E-state index is 14.4. The zero-order valence-corrected chi connectivity index (χ0v) is 26.9. The summed E-state index contributed by atoms with van der Waals surface area (Å²) in [6.07, 6.45) is 7.09. The van der Waals surface area contributed by atoms with E-state index in [1.165, 1.54) is 0 Å². The van der Waals surface area contributed by atoms with Crippen molar-refractivity contribution in [2.75, 3.05) is 6.61 Å². The van der Waals surface area contributed by atoms with Gasteiger partial charge in [-0.05, 0) is 61.6 Å². The Kier molecular flexibility index (Phi) is 9.53. The molecule has 0 spiro atoms. The van der Waals surface area contributed by atoms with Crippen molar-refractivity contribution in [3.8, 4) is 11.1 Å². The normalized spacial score (nSPS) is 20.0. The number of hydrogen-bond donors (Lipinski definition) is 3. The molecular weight excluding hydrogens is 584 g/mol. The molecule has 2 aromatic carbocycles. The first-order valence-corrected chi connectivity index (χ1v) is 16.5. The Morgan fingerprint density at radius 2 is 1.74 bits per heavy atom. The highest BCUT2D eigenvalue weighted by atomic mass is 16.7. The molecule has 3 heterocycles. The Morgan fingerprint density at radius 1 is 1.02 bits per heavy atom. The monoisotopic (exact) mass is 628 g/mol. The molecule has 0 bridgehead atoms. The van der Waals surface area contributed by atoms with Gasteiger partial charge in [0.15, 0.2) is 5.84 Å². The molecule has 0 radical (unpaired) electrons. The number of amidine groups is 1. The van der Waals surface area contributed by atoms with E-state index in [9.17, 15) is 15.0 Å². The van der Waals surface area contributed by atoms with Gasteiger partial charge in [0.2, 0.25) is 5.78 Å². The van der Waals surface area contributed by atoms with E-state index in [0.29, 0.717) is 37.5 Å². The highest BCUT2D eigenvalue weighted by Crippen LogP contribution is 2.32. The lowest BCUT2D eigenvalue weighted by Gasteiger charge is -2.33. The molecule has 0 saturated heterocycles. The number of ether oxygens (including phenoxy) is 1. The third-order valence-corrected chi connectivity index (χ3v) is 9.56. The molecule has 11 nitrogen and oxygen atoms in total. The summed E-state index contributed by atoms with van der Waals surface area (Å²) < 4.78 is 9.88. The van der Waals surface area contributed by atoms with Crippen LogP contribution in [0.25, 0.3) is 16.9 Å². The van der Waals surface area contributed by atoms with Gasteiger partial charge in [0, 0.05) is 23.6 Å². The largest absolute Gasteiger partial charge is 0.388 e. The van der Waals surface area contributed by atoms with Crippen molar-refractivity contribution in [2.24, 2.45) is 5.16 Å². The first kappa shape index (κ1) is 31.9. The van der Waals surface area contributed by atoms with E-state index in [1.54, 1.807) is 6.33 Å². The van der Waals surface area contributed by atoms with Gasteiger partial charge >= 0.3 is 6.41 Å². The fourth-order valence-corrected chi connectivity index (χ4v) is 6.62. The molecule has 6 rings (SSSR count). The van der Waals surface area contributed by atoms with Gasteiger partial charge in [0.05, 0.1) is 24.0 Å². The van der Waals surface area contributed by atoms with Crippen molar-refractivity contribution in [2.45, 2.75) is 103 Å². The van der Waals surface area contributed by atoms with Crippen LogP contribution in [0.5, 0.6) is 0 Å². The average molecular weight is 629 g/mol. The number of aliphatic hydroxyl groups excluding tert-OH is 1. The first-order valence-electron chi connectivity index (χ1n) is 16.5. The Hall–Kier alpha value is -4.06. The lowest BCUT2D eigenvalue weighted by atomic mass is 9.91. The van der Waals surface area contributed by atoms with E-state index in [0.717, 1.165) is 72.0 Å². The summed E-state index contributed by atoms with van der Waals surface area (Å²) in [4.78, 5) is 23.9. The van der Waals surface area contributed by atoms with E-state index in [2.05, 4.69) is 39.6 Å². The number of aryl methyl sites for hydroxylation is 1. The van der Waals surface area contributed by atoms with Gasteiger partial charge in [-0.3, -0.25) is 9.36 Å². The molecule has 244 valence electrons. The SMILES string of the molecule is CCCc1c(Cc2ccc(-c3ccccc3C3=NOC(O)N3)cc2)c(=O)n([C@H]2CC[C@H](OCC(O)(CC)CC)CC2)c2ncnn12. The second-order valence-corrected chi connectivity index (χ2v) is 12.5. The molecule has 1 saturated carbocycles. The maximum Gasteiger partial charge on any atom is 0.304 e. The highest BCUT2D eigenvalue weighted by Gasteiger charge is 2.30. The molecule has 11 heteroatoms. The van der Waals surface area contributed by atoms with Crippen molar-refractivity contribution in [1.82, 2.24) is 24.5 Å². The highest BCUT2D eigenvalue weighted by molar-refractivity contribution is 6.04. The number of aromatic nitrogens is 4. The zero-order chi connectivity index (χ0) is 32.3. The van der Waals surface area contributed by atoms with Crippen molar-refractivity contribution in [3.63, 3.8) is 0 Å². The van der Waals surface area contributed by atoms with Crippen LogP contribution in [0.4, 0.5) is 0 Å². The van der Waals surface area contributed by atoms with Crippen molar-refractivity contribution < 1.29 is 19.8 Å². The molecule has 1 aliphatic carbocycles. The summed E-state index contributed by atoms with van der Waals surface area (Å²) in [7, 11) is 0. The van der Waals surface area contributed by atoms with E-state index in [-0.39, 0.29) is 17.7 Å². The van der Waals surface area contributed by atoms with Gasteiger partial charge in [0.25, 0.3) is 5.56 Å². The molecule has 4 aromatic rings. The Morgan fingerprint density at radius 3 is 2.39 bits per heavy atom. The number of benzene rings is 2. The summed E-state index contributed by atoms with van der Waals surface area (Å²) in [5.41, 5.74) is 4.65. The summed E-state index contributed by atoms with van der Waals surface area (Å²) >= 11 is 0. The quantitative estimate of drug-likeness (QED) is 0.205. The van der Waals surface area contributed by atoms with Crippen LogP contribution in [-0.4, -0.2) is 59.9 Å². The summed E-state index contributed by atoms with van der Waals surface area (Å²) in [6, 6.07) is 16.0. The number of fused-ring (bicyclic) bond motifs is 1. The third kappa shape index (κ3) is 6.44.